The molecule has 2 nitrogen and oxygen atoms in total. The molecule has 0 spiro atoms. The summed E-state index contributed by atoms with van der Waals surface area (Å²) in [5, 5.41) is 2.46. The molecule has 0 saturated heterocycles. The lowest BCUT2D eigenvalue weighted by molar-refractivity contribution is 0.443. The van der Waals surface area contributed by atoms with E-state index < -0.39 is 0 Å². The van der Waals surface area contributed by atoms with Gasteiger partial charge in [0.05, 0.1) is 5.69 Å². The van der Waals surface area contributed by atoms with Crippen LogP contribution in [0.25, 0.3) is 44.2 Å². The Morgan fingerprint density at radius 1 is 0.317 bits per heavy atom. The van der Waals surface area contributed by atoms with Crippen molar-refractivity contribution in [1.82, 2.24) is 0 Å². The Labute approximate surface area is 354 Å². The second kappa shape index (κ2) is 17.0. The highest BCUT2D eigenvalue weighted by molar-refractivity contribution is 6.05. The van der Waals surface area contributed by atoms with Gasteiger partial charge in [0.1, 0.15) is 0 Å². The molecule has 1 aliphatic rings. The Hall–Kier alpha value is -7.16. The molecular weight excluding hydrogens is 725 g/mol. The lowest BCUT2D eigenvalue weighted by atomic mass is 9.84. The van der Waals surface area contributed by atoms with Crippen molar-refractivity contribution in [2.45, 2.75) is 38.0 Å². The fourth-order valence-electron chi connectivity index (χ4n) is 9.20. The molecule has 0 heterocycles. The van der Waals surface area contributed by atoms with Gasteiger partial charge in [-0.25, -0.2) is 0 Å². The van der Waals surface area contributed by atoms with Crippen LogP contribution in [-0.2, 0) is 0 Å². The third-order valence-corrected chi connectivity index (χ3v) is 12.2. The Morgan fingerprint density at radius 2 is 0.800 bits per heavy atom. The van der Waals surface area contributed by atoms with E-state index in [9.17, 15) is 0 Å². The van der Waals surface area contributed by atoms with Gasteiger partial charge in [0, 0.05) is 34.0 Å². The number of nitrogens with zero attached hydrogens (tertiary/aromatic N) is 2. The van der Waals surface area contributed by atoms with Gasteiger partial charge in [-0.3, -0.25) is 0 Å². The van der Waals surface area contributed by atoms with E-state index in [4.69, 9.17) is 0 Å². The summed E-state index contributed by atoms with van der Waals surface area (Å²) in [6.07, 6.45) is 6.68. The normalized spacial score (nSPS) is 12.9. The molecule has 2 heteroatoms. The zero-order valence-electron chi connectivity index (χ0n) is 33.9. The number of benzene rings is 9. The molecule has 0 radical (unpaired) electrons. The summed E-state index contributed by atoms with van der Waals surface area (Å²) >= 11 is 0. The minimum absolute atomic E-state index is 0.690. The van der Waals surface area contributed by atoms with Crippen LogP contribution in [0.3, 0.4) is 0 Å². The number of hydrogen-bond donors (Lipinski definition) is 0. The fourth-order valence-corrected chi connectivity index (χ4v) is 9.20. The highest BCUT2D eigenvalue weighted by atomic mass is 15.1. The van der Waals surface area contributed by atoms with Crippen LogP contribution >= 0.6 is 0 Å². The van der Waals surface area contributed by atoms with Crippen LogP contribution in [0.15, 0.2) is 224 Å². The molecule has 0 bridgehead atoms. The summed E-state index contributed by atoms with van der Waals surface area (Å²) in [6.45, 7) is 0. The van der Waals surface area contributed by atoms with Crippen LogP contribution in [0, 0.1) is 0 Å². The first-order valence-corrected chi connectivity index (χ1v) is 21.5. The van der Waals surface area contributed by atoms with Crippen molar-refractivity contribution in [3.63, 3.8) is 0 Å². The molecule has 0 atom stereocenters. The van der Waals surface area contributed by atoms with Crippen LogP contribution in [0.5, 0.6) is 0 Å². The molecule has 290 valence electrons. The molecule has 0 amide bonds. The maximum Gasteiger partial charge on any atom is 0.0546 e. The van der Waals surface area contributed by atoms with Crippen molar-refractivity contribution >= 4 is 44.9 Å². The Kier molecular flexibility index (Phi) is 10.5. The van der Waals surface area contributed by atoms with Gasteiger partial charge in [0.2, 0.25) is 0 Å². The Bertz CT molecular complexity index is 2810. The predicted molar refractivity (Wildman–Crippen MR) is 255 cm³/mol. The first-order valence-electron chi connectivity index (χ1n) is 21.5. The summed E-state index contributed by atoms with van der Waals surface area (Å²) in [5.41, 5.74) is 15.5. The summed E-state index contributed by atoms with van der Waals surface area (Å²) in [6, 6.07) is 81.7. The summed E-state index contributed by atoms with van der Waals surface area (Å²) in [7, 11) is 0. The molecule has 0 aromatic heterocycles. The fraction of sp³-hybridized carbons (Fsp3) is 0.103. The van der Waals surface area contributed by atoms with Crippen LogP contribution in [0.2, 0.25) is 0 Å². The van der Waals surface area contributed by atoms with E-state index in [0.717, 1.165) is 28.4 Å². The predicted octanol–water partition coefficient (Wildman–Crippen LogP) is 16.8. The summed E-state index contributed by atoms with van der Waals surface area (Å²) < 4.78 is 0. The first kappa shape index (κ1) is 37.1. The van der Waals surface area contributed by atoms with Gasteiger partial charge in [0.15, 0.2) is 0 Å². The highest BCUT2D eigenvalue weighted by Gasteiger charge is 2.20. The molecule has 0 N–H and O–H groups in total. The van der Waals surface area contributed by atoms with E-state index >= 15 is 0 Å². The van der Waals surface area contributed by atoms with Crippen molar-refractivity contribution in [3.8, 4) is 33.4 Å². The second-order valence-electron chi connectivity index (χ2n) is 16.0. The summed E-state index contributed by atoms with van der Waals surface area (Å²) in [5.74, 6) is 0.690. The van der Waals surface area contributed by atoms with Gasteiger partial charge in [-0.1, -0.05) is 177 Å². The van der Waals surface area contributed by atoms with Crippen LogP contribution in [0.4, 0.5) is 34.1 Å². The average Bonchev–Trinajstić information content (AvgIpc) is 3.33. The zero-order chi connectivity index (χ0) is 40.1. The first-order chi connectivity index (χ1) is 29.8. The van der Waals surface area contributed by atoms with E-state index in [-0.39, 0.29) is 0 Å². The Balaban J connectivity index is 0.953. The monoisotopic (exact) mass is 772 g/mol. The van der Waals surface area contributed by atoms with Gasteiger partial charge < -0.3 is 9.80 Å². The molecule has 1 fully saturated rings. The van der Waals surface area contributed by atoms with Crippen molar-refractivity contribution in [2.75, 3.05) is 9.80 Å². The SMILES string of the molecule is c1ccc(-c2c(N(c3ccccc3)c3ccc(-c4ccc(-c5cccc(N(c6ccccc6)c6ccc(C7CCCCC7)cc6)c5)cc4)cc3)ccc3ccccc23)cc1. The van der Waals surface area contributed by atoms with E-state index in [0.29, 0.717) is 5.92 Å². The number of anilines is 6. The van der Waals surface area contributed by atoms with Gasteiger partial charge in [-0.2, -0.15) is 0 Å². The van der Waals surface area contributed by atoms with E-state index in [1.807, 2.05) is 0 Å². The number of hydrogen-bond acceptors (Lipinski definition) is 2. The van der Waals surface area contributed by atoms with Crippen LogP contribution < -0.4 is 9.80 Å². The number of rotatable bonds is 10. The molecule has 10 rings (SSSR count). The minimum atomic E-state index is 0.690. The molecule has 9 aromatic carbocycles. The molecule has 1 aliphatic carbocycles. The third kappa shape index (κ3) is 7.61. The molecule has 0 aliphatic heterocycles. The summed E-state index contributed by atoms with van der Waals surface area (Å²) in [4.78, 5) is 4.77. The van der Waals surface area contributed by atoms with E-state index in [1.54, 1.807) is 0 Å². The van der Waals surface area contributed by atoms with Crippen LogP contribution in [-0.4, -0.2) is 0 Å². The van der Waals surface area contributed by atoms with Crippen molar-refractivity contribution < 1.29 is 0 Å². The number of fused-ring (bicyclic) bond motifs is 1. The molecular formula is C58H48N2. The maximum atomic E-state index is 2.39. The second-order valence-corrected chi connectivity index (χ2v) is 16.0. The molecule has 0 unspecified atom stereocenters. The van der Waals surface area contributed by atoms with Crippen molar-refractivity contribution in [2.24, 2.45) is 0 Å². The Morgan fingerprint density at radius 3 is 1.47 bits per heavy atom. The maximum absolute atomic E-state index is 2.39. The average molecular weight is 773 g/mol. The van der Waals surface area contributed by atoms with Gasteiger partial charge in [-0.15, -0.1) is 0 Å². The molecule has 60 heavy (non-hydrogen) atoms. The highest BCUT2D eigenvalue weighted by Crippen LogP contribution is 2.45. The van der Waals surface area contributed by atoms with Gasteiger partial charge in [0.25, 0.3) is 0 Å². The quantitative estimate of drug-likeness (QED) is 0.137. The zero-order valence-corrected chi connectivity index (χ0v) is 33.9. The van der Waals surface area contributed by atoms with Gasteiger partial charge in [-0.05, 0) is 130 Å². The van der Waals surface area contributed by atoms with Crippen molar-refractivity contribution in [1.29, 1.82) is 0 Å². The van der Waals surface area contributed by atoms with Crippen molar-refractivity contribution in [3.05, 3.63) is 230 Å². The minimum Gasteiger partial charge on any atom is -0.310 e. The van der Waals surface area contributed by atoms with Crippen LogP contribution in [0.1, 0.15) is 43.6 Å². The number of para-hydroxylation sites is 2. The smallest absolute Gasteiger partial charge is 0.0546 e. The molecule has 9 aromatic rings. The largest absolute Gasteiger partial charge is 0.310 e. The van der Waals surface area contributed by atoms with Gasteiger partial charge >= 0.3 is 0 Å². The van der Waals surface area contributed by atoms with E-state index in [1.165, 1.54) is 87.5 Å². The molecule has 1 saturated carbocycles. The van der Waals surface area contributed by atoms with E-state index in [2.05, 4.69) is 234 Å². The lowest BCUT2D eigenvalue weighted by Crippen LogP contribution is -2.11. The third-order valence-electron chi connectivity index (χ3n) is 12.2. The topological polar surface area (TPSA) is 6.48 Å². The standard InChI is InChI=1S/C58H48N2/c1-5-16-43(17-6-1)45-32-37-53(38-33-45)59(51-22-9-3-10-23-51)55-26-15-21-50(42-55)47-30-28-44(29-31-47)46-34-39-54(40-35-46)60(52-24-11-4-12-25-52)57-41-36-48-18-13-14-27-56(48)58(57)49-19-7-2-8-20-49/h2-4,7-15,18-43H,1,5-6,16-17H2. The lowest BCUT2D eigenvalue weighted by Gasteiger charge is -2.29.